The number of nitrogens with two attached hydrogens (primary N) is 1. The highest BCUT2D eigenvalue weighted by atomic mass is 35.5. The van der Waals surface area contributed by atoms with Crippen molar-refractivity contribution in [2.24, 2.45) is 17.6 Å². The van der Waals surface area contributed by atoms with Gasteiger partial charge in [0.05, 0.1) is 6.04 Å². The standard InChI is InChI=1S/C15H21ClN2O/c1-10(9-17)15(19)18-14(11-3-2-4-11)12-5-7-13(16)8-6-12/h5-8,10-11,14H,2-4,9,17H2,1H3,(H,18,19). The quantitative estimate of drug-likeness (QED) is 0.871. The molecule has 0 heterocycles. The van der Waals surface area contributed by atoms with Gasteiger partial charge in [-0.05, 0) is 36.5 Å². The van der Waals surface area contributed by atoms with E-state index in [0.717, 1.165) is 10.6 Å². The van der Waals surface area contributed by atoms with Crippen LogP contribution in [-0.2, 0) is 4.79 Å². The van der Waals surface area contributed by atoms with Gasteiger partial charge in [0, 0.05) is 17.5 Å². The van der Waals surface area contributed by atoms with Gasteiger partial charge < -0.3 is 11.1 Å². The van der Waals surface area contributed by atoms with E-state index in [2.05, 4.69) is 5.32 Å². The molecule has 1 aromatic carbocycles. The molecule has 0 spiro atoms. The van der Waals surface area contributed by atoms with Crippen molar-refractivity contribution in [3.05, 3.63) is 34.9 Å². The monoisotopic (exact) mass is 280 g/mol. The number of halogens is 1. The molecule has 3 nitrogen and oxygen atoms in total. The molecule has 0 radical (unpaired) electrons. The van der Waals surface area contributed by atoms with Crippen LogP contribution in [0, 0.1) is 11.8 Å². The predicted molar refractivity (Wildman–Crippen MR) is 77.9 cm³/mol. The second-order valence-electron chi connectivity index (χ2n) is 5.37. The molecule has 1 aliphatic rings. The van der Waals surface area contributed by atoms with Crippen LogP contribution in [0.15, 0.2) is 24.3 Å². The molecule has 1 aliphatic carbocycles. The first kappa shape index (κ1) is 14.4. The number of rotatable bonds is 5. The largest absolute Gasteiger partial charge is 0.349 e. The van der Waals surface area contributed by atoms with E-state index in [1.54, 1.807) is 0 Å². The highest BCUT2D eigenvalue weighted by Gasteiger charge is 2.30. The minimum atomic E-state index is -0.144. The van der Waals surface area contributed by atoms with Gasteiger partial charge in [-0.3, -0.25) is 4.79 Å². The molecule has 2 atom stereocenters. The summed E-state index contributed by atoms with van der Waals surface area (Å²) in [6.45, 7) is 2.23. The second kappa shape index (κ2) is 6.40. The predicted octanol–water partition coefficient (Wildman–Crippen LogP) is 2.89. The zero-order valence-corrected chi connectivity index (χ0v) is 12.0. The molecule has 19 heavy (non-hydrogen) atoms. The summed E-state index contributed by atoms with van der Waals surface area (Å²) >= 11 is 5.92. The van der Waals surface area contributed by atoms with E-state index in [1.807, 2.05) is 31.2 Å². The van der Waals surface area contributed by atoms with Gasteiger partial charge in [0.1, 0.15) is 0 Å². The van der Waals surface area contributed by atoms with Crippen LogP contribution in [0.3, 0.4) is 0 Å². The molecule has 2 unspecified atom stereocenters. The molecule has 0 saturated heterocycles. The van der Waals surface area contributed by atoms with Crippen LogP contribution in [-0.4, -0.2) is 12.5 Å². The lowest BCUT2D eigenvalue weighted by Gasteiger charge is -2.35. The molecule has 1 saturated carbocycles. The Morgan fingerprint density at radius 3 is 2.53 bits per heavy atom. The number of nitrogens with one attached hydrogen (secondary N) is 1. The number of hydrogen-bond donors (Lipinski definition) is 2. The van der Waals surface area contributed by atoms with Gasteiger partial charge in [-0.2, -0.15) is 0 Å². The molecule has 1 fully saturated rings. The van der Waals surface area contributed by atoms with Crippen molar-refractivity contribution in [3.63, 3.8) is 0 Å². The number of amides is 1. The van der Waals surface area contributed by atoms with Crippen molar-refractivity contribution in [1.82, 2.24) is 5.32 Å². The summed E-state index contributed by atoms with van der Waals surface area (Å²) in [5.41, 5.74) is 6.68. The Bertz CT molecular complexity index is 428. The van der Waals surface area contributed by atoms with Gasteiger partial charge in [-0.15, -0.1) is 0 Å². The second-order valence-corrected chi connectivity index (χ2v) is 5.80. The lowest BCUT2D eigenvalue weighted by Crippen LogP contribution is -2.40. The minimum absolute atomic E-state index is 0.0364. The van der Waals surface area contributed by atoms with Crippen LogP contribution < -0.4 is 11.1 Å². The molecule has 104 valence electrons. The van der Waals surface area contributed by atoms with Crippen molar-refractivity contribution in [2.45, 2.75) is 32.2 Å². The summed E-state index contributed by atoms with van der Waals surface area (Å²) in [5, 5.41) is 3.86. The van der Waals surface area contributed by atoms with E-state index < -0.39 is 0 Å². The summed E-state index contributed by atoms with van der Waals surface area (Å²) in [5.74, 6) is 0.430. The van der Waals surface area contributed by atoms with Crippen molar-refractivity contribution in [2.75, 3.05) is 6.54 Å². The Labute approximate surface area is 119 Å². The first-order valence-electron chi connectivity index (χ1n) is 6.87. The fourth-order valence-electron chi connectivity index (χ4n) is 2.32. The maximum Gasteiger partial charge on any atom is 0.224 e. The maximum atomic E-state index is 12.1. The Hall–Kier alpha value is -1.06. The van der Waals surface area contributed by atoms with Crippen molar-refractivity contribution < 1.29 is 4.79 Å². The van der Waals surface area contributed by atoms with E-state index in [1.165, 1.54) is 19.3 Å². The van der Waals surface area contributed by atoms with Gasteiger partial charge in [0.25, 0.3) is 0 Å². The van der Waals surface area contributed by atoms with E-state index in [0.29, 0.717) is 12.5 Å². The molecule has 0 bridgehead atoms. The first-order chi connectivity index (χ1) is 9.11. The summed E-state index contributed by atoms with van der Waals surface area (Å²) in [6.07, 6.45) is 3.59. The molecule has 1 amide bonds. The van der Waals surface area contributed by atoms with Crippen LogP contribution in [0.2, 0.25) is 5.02 Å². The topological polar surface area (TPSA) is 55.1 Å². The van der Waals surface area contributed by atoms with Gasteiger partial charge in [-0.1, -0.05) is 37.1 Å². The molecule has 4 heteroatoms. The van der Waals surface area contributed by atoms with Gasteiger partial charge in [-0.25, -0.2) is 0 Å². The normalized spacial score (nSPS) is 18.5. The summed E-state index contributed by atoms with van der Waals surface area (Å²) in [4.78, 5) is 12.1. The van der Waals surface area contributed by atoms with Crippen molar-refractivity contribution in [1.29, 1.82) is 0 Å². The zero-order chi connectivity index (χ0) is 13.8. The highest BCUT2D eigenvalue weighted by molar-refractivity contribution is 6.30. The third kappa shape index (κ3) is 3.48. The fraction of sp³-hybridized carbons (Fsp3) is 0.533. The zero-order valence-electron chi connectivity index (χ0n) is 11.2. The first-order valence-corrected chi connectivity index (χ1v) is 7.25. The molecule has 2 rings (SSSR count). The number of benzene rings is 1. The maximum absolute atomic E-state index is 12.1. The van der Waals surface area contributed by atoms with Gasteiger partial charge >= 0.3 is 0 Å². The summed E-state index contributed by atoms with van der Waals surface area (Å²) < 4.78 is 0. The number of carbonyl (C=O) groups is 1. The Balaban J connectivity index is 2.12. The van der Waals surface area contributed by atoms with Crippen LogP contribution in [0.4, 0.5) is 0 Å². The smallest absolute Gasteiger partial charge is 0.224 e. The third-order valence-corrected chi connectivity index (χ3v) is 4.20. The van der Waals surface area contributed by atoms with E-state index in [9.17, 15) is 4.79 Å². The lowest BCUT2D eigenvalue weighted by molar-refractivity contribution is -0.125. The molecular formula is C15H21ClN2O. The van der Waals surface area contributed by atoms with Crippen molar-refractivity contribution >= 4 is 17.5 Å². The highest BCUT2D eigenvalue weighted by Crippen LogP contribution is 2.38. The molecule has 1 aromatic rings. The van der Waals surface area contributed by atoms with Crippen LogP contribution >= 0.6 is 11.6 Å². The number of carbonyl (C=O) groups excluding carboxylic acids is 1. The molecule has 0 aromatic heterocycles. The Kier molecular flexibility index (Phi) is 4.83. The van der Waals surface area contributed by atoms with Crippen molar-refractivity contribution in [3.8, 4) is 0 Å². The van der Waals surface area contributed by atoms with E-state index in [4.69, 9.17) is 17.3 Å². The SMILES string of the molecule is CC(CN)C(=O)NC(c1ccc(Cl)cc1)C1CCC1. The van der Waals surface area contributed by atoms with Crippen LogP contribution in [0.25, 0.3) is 0 Å². The van der Waals surface area contributed by atoms with Gasteiger partial charge in [0.2, 0.25) is 5.91 Å². The van der Waals surface area contributed by atoms with E-state index in [-0.39, 0.29) is 17.9 Å². The Morgan fingerprint density at radius 2 is 2.05 bits per heavy atom. The van der Waals surface area contributed by atoms with Gasteiger partial charge in [0.15, 0.2) is 0 Å². The third-order valence-electron chi connectivity index (χ3n) is 3.95. The Morgan fingerprint density at radius 1 is 1.42 bits per heavy atom. The van der Waals surface area contributed by atoms with E-state index >= 15 is 0 Å². The molecule has 3 N–H and O–H groups in total. The lowest BCUT2D eigenvalue weighted by atomic mass is 9.77. The fourth-order valence-corrected chi connectivity index (χ4v) is 2.45. The van der Waals surface area contributed by atoms with Crippen LogP contribution in [0.5, 0.6) is 0 Å². The average molecular weight is 281 g/mol. The summed E-state index contributed by atoms with van der Waals surface area (Å²) in [7, 11) is 0. The molecular weight excluding hydrogens is 260 g/mol. The number of hydrogen-bond acceptors (Lipinski definition) is 2. The average Bonchev–Trinajstić information content (AvgIpc) is 2.35. The summed E-state index contributed by atoms with van der Waals surface area (Å²) in [6, 6.07) is 7.84. The van der Waals surface area contributed by atoms with Crippen LogP contribution in [0.1, 0.15) is 37.8 Å². The minimum Gasteiger partial charge on any atom is -0.349 e. The molecule has 0 aliphatic heterocycles.